The first-order valence-electron chi connectivity index (χ1n) is 7.36. The Hall–Kier alpha value is -1.13. The molecule has 2 atom stereocenters. The first kappa shape index (κ1) is 12.6. The fourth-order valence-corrected chi connectivity index (χ4v) is 4.05. The Balaban J connectivity index is 1.65. The molecule has 2 fully saturated rings. The quantitative estimate of drug-likeness (QED) is 0.910. The molecule has 0 saturated carbocycles. The fourth-order valence-electron chi connectivity index (χ4n) is 3.70. The molecule has 0 radical (unpaired) electrons. The normalized spacial score (nSPS) is 26.1. The van der Waals surface area contributed by atoms with Crippen LogP contribution >= 0.6 is 15.9 Å². The maximum absolute atomic E-state index is 4.59. The van der Waals surface area contributed by atoms with Crippen LogP contribution in [-0.4, -0.2) is 35.1 Å². The SMILES string of the molecule is Brc1cnc2c(NC3CCN4CCCC34)cccc2c1. The summed E-state index contributed by atoms with van der Waals surface area (Å²) in [6, 6.07) is 9.81. The van der Waals surface area contributed by atoms with Gasteiger partial charge in [-0.25, -0.2) is 0 Å². The number of fused-ring (bicyclic) bond motifs is 2. The van der Waals surface area contributed by atoms with Crippen LogP contribution in [0.3, 0.4) is 0 Å². The Morgan fingerprint density at radius 2 is 2.20 bits per heavy atom. The lowest BCUT2D eigenvalue weighted by molar-refractivity contribution is 0.318. The molecule has 1 aromatic carbocycles. The molecule has 4 heteroatoms. The lowest BCUT2D eigenvalue weighted by Crippen LogP contribution is -2.33. The average molecular weight is 332 g/mol. The maximum Gasteiger partial charge on any atom is 0.0934 e. The number of nitrogens with zero attached hydrogens (tertiary/aromatic N) is 2. The summed E-state index contributed by atoms with van der Waals surface area (Å²) >= 11 is 3.49. The monoisotopic (exact) mass is 331 g/mol. The van der Waals surface area contributed by atoms with Gasteiger partial charge in [-0.15, -0.1) is 0 Å². The second-order valence-electron chi connectivity index (χ2n) is 5.82. The average Bonchev–Trinajstić information content (AvgIpc) is 3.03. The second kappa shape index (κ2) is 5.01. The molecule has 0 amide bonds. The summed E-state index contributed by atoms with van der Waals surface area (Å²) in [5.74, 6) is 0. The third kappa shape index (κ3) is 2.11. The van der Waals surface area contributed by atoms with Crippen molar-refractivity contribution in [3.63, 3.8) is 0 Å². The third-order valence-electron chi connectivity index (χ3n) is 4.62. The van der Waals surface area contributed by atoms with Crippen LogP contribution in [0.15, 0.2) is 34.9 Å². The van der Waals surface area contributed by atoms with Gasteiger partial charge in [0.15, 0.2) is 0 Å². The van der Waals surface area contributed by atoms with Gasteiger partial charge in [0.2, 0.25) is 0 Å². The zero-order chi connectivity index (χ0) is 13.5. The van der Waals surface area contributed by atoms with Gasteiger partial charge in [0.25, 0.3) is 0 Å². The lowest BCUT2D eigenvalue weighted by atomic mass is 10.1. The Kier molecular flexibility index (Phi) is 3.15. The van der Waals surface area contributed by atoms with E-state index < -0.39 is 0 Å². The predicted octanol–water partition coefficient (Wildman–Crippen LogP) is 3.65. The van der Waals surface area contributed by atoms with Gasteiger partial charge >= 0.3 is 0 Å². The van der Waals surface area contributed by atoms with E-state index >= 15 is 0 Å². The number of para-hydroxylation sites is 1. The molecule has 1 N–H and O–H groups in total. The minimum Gasteiger partial charge on any atom is -0.379 e. The zero-order valence-electron chi connectivity index (χ0n) is 11.3. The number of anilines is 1. The first-order valence-corrected chi connectivity index (χ1v) is 8.15. The van der Waals surface area contributed by atoms with Gasteiger partial charge in [0.05, 0.1) is 11.2 Å². The van der Waals surface area contributed by atoms with E-state index in [1.807, 2.05) is 6.20 Å². The molecule has 104 valence electrons. The highest BCUT2D eigenvalue weighted by atomic mass is 79.9. The van der Waals surface area contributed by atoms with Gasteiger partial charge in [-0.1, -0.05) is 12.1 Å². The summed E-state index contributed by atoms with van der Waals surface area (Å²) < 4.78 is 1.03. The Morgan fingerprint density at radius 1 is 1.25 bits per heavy atom. The molecule has 4 rings (SSSR count). The summed E-state index contributed by atoms with van der Waals surface area (Å²) in [6.45, 7) is 2.52. The highest BCUT2D eigenvalue weighted by Gasteiger charge is 2.37. The minimum atomic E-state index is 0.577. The van der Waals surface area contributed by atoms with Gasteiger partial charge in [-0.05, 0) is 53.9 Å². The largest absolute Gasteiger partial charge is 0.379 e. The van der Waals surface area contributed by atoms with Gasteiger partial charge in [0, 0.05) is 34.7 Å². The summed E-state index contributed by atoms with van der Waals surface area (Å²) in [4.78, 5) is 7.22. The predicted molar refractivity (Wildman–Crippen MR) is 86.1 cm³/mol. The zero-order valence-corrected chi connectivity index (χ0v) is 12.9. The molecule has 0 aliphatic carbocycles. The van der Waals surface area contributed by atoms with E-state index in [1.54, 1.807) is 0 Å². The summed E-state index contributed by atoms with van der Waals surface area (Å²) in [6.07, 6.45) is 5.81. The van der Waals surface area contributed by atoms with E-state index in [1.165, 1.54) is 43.4 Å². The second-order valence-corrected chi connectivity index (χ2v) is 6.73. The number of pyridine rings is 1. The number of rotatable bonds is 2. The van der Waals surface area contributed by atoms with Crippen molar-refractivity contribution in [3.05, 3.63) is 34.9 Å². The molecular formula is C16H18BrN3. The third-order valence-corrected chi connectivity index (χ3v) is 5.06. The van der Waals surface area contributed by atoms with Crippen LogP contribution < -0.4 is 5.32 Å². The van der Waals surface area contributed by atoms with Crippen LogP contribution in [0.2, 0.25) is 0 Å². The van der Waals surface area contributed by atoms with Crippen LogP contribution in [0.4, 0.5) is 5.69 Å². The van der Waals surface area contributed by atoms with Gasteiger partial charge < -0.3 is 5.32 Å². The summed E-state index contributed by atoms with van der Waals surface area (Å²) in [5.41, 5.74) is 2.25. The highest BCUT2D eigenvalue weighted by Crippen LogP contribution is 2.32. The lowest BCUT2D eigenvalue weighted by Gasteiger charge is -2.22. The van der Waals surface area contributed by atoms with E-state index in [4.69, 9.17) is 0 Å². The van der Waals surface area contributed by atoms with Gasteiger partial charge in [-0.3, -0.25) is 9.88 Å². The molecule has 20 heavy (non-hydrogen) atoms. The van der Waals surface area contributed by atoms with Crippen molar-refractivity contribution in [2.75, 3.05) is 18.4 Å². The smallest absolute Gasteiger partial charge is 0.0934 e. The van der Waals surface area contributed by atoms with Crippen LogP contribution in [0, 0.1) is 0 Å². The van der Waals surface area contributed by atoms with Crippen LogP contribution in [0.1, 0.15) is 19.3 Å². The molecular weight excluding hydrogens is 314 g/mol. The standard InChI is InChI=1S/C16H18BrN3/c17-12-9-11-3-1-4-14(16(11)18-10-12)19-13-6-8-20-7-2-5-15(13)20/h1,3-4,9-10,13,15,19H,2,5-8H2. The van der Waals surface area contributed by atoms with Crippen LogP contribution in [0.25, 0.3) is 10.9 Å². The Labute approximate surface area is 127 Å². The summed E-state index contributed by atoms with van der Waals surface area (Å²) in [7, 11) is 0. The molecule has 2 saturated heterocycles. The van der Waals surface area contributed by atoms with E-state index in [9.17, 15) is 0 Å². The minimum absolute atomic E-state index is 0.577. The molecule has 2 unspecified atom stereocenters. The number of hydrogen-bond acceptors (Lipinski definition) is 3. The van der Waals surface area contributed by atoms with E-state index in [2.05, 4.69) is 55.4 Å². The van der Waals surface area contributed by atoms with Gasteiger partial charge in [0.1, 0.15) is 0 Å². The van der Waals surface area contributed by atoms with Crippen molar-refractivity contribution in [1.29, 1.82) is 0 Å². The molecule has 2 aliphatic rings. The molecule has 0 bridgehead atoms. The first-order chi connectivity index (χ1) is 9.81. The van der Waals surface area contributed by atoms with Crippen molar-refractivity contribution in [1.82, 2.24) is 9.88 Å². The van der Waals surface area contributed by atoms with Crippen molar-refractivity contribution in [3.8, 4) is 0 Å². The van der Waals surface area contributed by atoms with Crippen LogP contribution in [-0.2, 0) is 0 Å². The Morgan fingerprint density at radius 3 is 3.15 bits per heavy atom. The Bertz CT molecular complexity index is 643. The van der Waals surface area contributed by atoms with E-state index in [0.717, 1.165) is 16.0 Å². The fraction of sp³-hybridized carbons (Fsp3) is 0.438. The van der Waals surface area contributed by atoms with Gasteiger partial charge in [-0.2, -0.15) is 0 Å². The number of nitrogens with one attached hydrogen (secondary N) is 1. The van der Waals surface area contributed by atoms with E-state index in [-0.39, 0.29) is 0 Å². The molecule has 3 nitrogen and oxygen atoms in total. The molecule has 2 aliphatic heterocycles. The number of halogens is 1. The summed E-state index contributed by atoms with van der Waals surface area (Å²) in [5, 5.41) is 4.94. The molecule has 0 spiro atoms. The maximum atomic E-state index is 4.59. The highest BCUT2D eigenvalue weighted by molar-refractivity contribution is 9.10. The number of hydrogen-bond donors (Lipinski definition) is 1. The van der Waals surface area contributed by atoms with Crippen LogP contribution in [0.5, 0.6) is 0 Å². The molecule has 3 heterocycles. The van der Waals surface area contributed by atoms with Crippen molar-refractivity contribution in [2.24, 2.45) is 0 Å². The van der Waals surface area contributed by atoms with Crippen molar-refractivity contribution < 1.29 is 0 Å². The number of benzene rings is 1. The molecule has 1 aromatic heterocycles. The topological polar surface area (TPSA) is 28.2 Å². The van der Waals surface area contributed by atoms with Crippen molar-refractivity contribution >= 4 is 32.5 Å². The molecule has 2 aromatic rings. The van der Waals surface area contributed by atoms with Crippen molar-refractivity contribution in [2.45, 2.75) is 31.3 Å². The van der Waals surface area contributed by atoms with E-state index in [0.29, 0.717) is 6.04 Å². The number of aromatic nitrogens is 1.